The largest absolute Gasteiger partial charge is 0.507 e. The molecule has 4 nitrogen and oxygen atoms in total. The van der Waals surface area contributed by atoms with Crippen molar-refractivity contribution in [2.75, 3.05) is 0 Å². The van der Waals surface area contributed by atoms with E-state index in [-0.39, 0.29) is 48.5 Å². The first kappa shape index (κ1) is 41.2. The Balaban J connectivity index is 0.00000608. The van der Waals surface area contributed by atoms with Crippen molar-refractivity contribution in [2.45, 2.75) is 110 Å². The van der Waals surface area contributed by atoms with Gasteiger partial charge in [0, 0.05) is 42.8 Å². The average molecular weight is 1030 g/mol. The van der Waals surface area contributed by atoms with E-state index in [0.717, 1.165) is 87.0 Å². The molecule has 0 amide bonds. The van der Waals surface area contributed by atoms with E-state index < -0.39 is 6.85 Å². The Kier molecular flexibility index (Phi) is 11.0. The van der Waals surface area contributed by atoms with E-state index >= 15 is 0 Å². The van der Waals surface area contributed by atoms with Crippen LogP contribution in [0.5, 0.6) is 5.75 Å². The molecule has 9 rings (SSSR count). The molecule has 2 heterocycles. The van der Waals surface area contributed by atoms with Gasteiger partial charge in [0.05, 0.1) is 16.6 Å². The Bertz CT molecular complexity index is 3060. The number of phenols is 1. The number of aromatic hydroxyl groups is 1. The van der Waals surface area contributed by atoms with Crippen molar-refractivity contribution < 1.29 is 30.3 Å². The van der Waals surface area contributed by atoms with Crippen molar-refractivity contribution in [1.82, 2.24) is 14.5 Å². The molecule has 1 saturated carbocycles. The average Bonchev–Trinajstić information content (AvgIpc) is 3.69. The molecule has 0 atom stereocenters. The van der Waals surface area contributed by atoms with Gasteiger partial charge in [-0.05, 0) is 118 Å². The van der Waals surface area contributed by atoms with Crippen LogP contribution in [0.1, 0.15) is 113 Å². The van der Waals surface area contributed by atoms with Crippen molar-refractivity contribution in [1.29, 1.82) is 0 Å². The molecule has 6 aromatic carbocycles. The number of phenolic OH excluding ortho intramolecular Hbond substituents is 1. The molecule has 2 aromatic heterocycles. The van der Waals surface area contributed by atoms with Crippen LogP contribution in [0.4, 0.5) is 0 Å². The molecule has 0 bridgehead atoms. The van der Waals surface area contributed by atoms with Gasteiger partial charge in [-0.3, -0.25) is 9.55 Å². The Morgan fingerprint density at radius 1 is 0.625 bits per heavy atom. The molecule has 0 radical (unpaired) electrons. The fourth-order valence-electron chi connectivity index (χ4n) is 9.43. The van der Waals surface area contributed by atoms with E-state index in [9.17, 15) is 5.11 Å². The number of aryl methyl sites for hydroxylation is 1. The van der Waals surface area contributed by atoms with Gasteiger partial charge in [0.1, 0.15) is 11.6 Å². The summed E-state index contributed by atoms with van der Waals surface area (Å²) >= 11 is 0. The van der Waals surface area contributed by atoms with Crippen LogP contribution in [0.15, 0.2) is 146 Å². The van der Waals surface area contributed by atoms with E-state index in [1.807, 2.05) is 30.3 Å². The first-order valence-electron chi connectivity index (χ1n) is 23.9. The zero-order valence-corrected chi connectivity index (χ0v) is 40.6. The second kappa shape index (κ2) is 17.1. The Hall–Kier alpha value is -5.57. The van der Waals surface area contributed by atoms with Crippen molar-refractivity contribution in [3.8, 4) is 56.3 Å². The molecule has 0 spiro atoms. The molecule has 1 aliphatic rings. The van der Waals surface area contributed by atoms with Crippen LogP contribution >= 0.6 is 0 Å². The van der Waals surface area contributed by atoms with Crippen LogP contribution < -0.4 is 0 Å². The van der Waals surface area contributed by atoms with Gasteiger partial charge in [0.15, 0.2) is 0 Å². The second-order valence-corrected chi connectivity index (χ2v) is 20.4. The van der Waals surface area contributed by atoms with Crippen LogP contribution in [-0.2, 0) is 42.7 Å². The fourth-order valence-corrected chi connectivity index (χ4v) is 9.43. The zero-order chi connectivity index (χ0) is 46.8. The molecule has 1 aliphatic carbocycles. The summed E-state index contributed by atoms with van der Waals surface area (Å²) in [6.45, 7) is 15.9. The normalized spacial score (nSPS) is 18.8. The zero-order valence-electron chi connectivity index (χ0n) is 41.3. The number of para-hydroxylation sites is 1. The van der Waals surface area contributed by atoms with E-state index in [1.165, 1.54) is 11.1 Å². The molecule has 1 N–H and O–H groups in total. The van der Waals surface area contributed by atoms with Gasteiger partial charge < -0.3 is 5.11 Å². The second-order valence-electron chi connectivity index (χ2n) is 20.4. The van der Waals surface area contributed by atoms with Gasteiger partial charge in [-0.25, -0.2) is 4.98 Å². The maximum absolute atomic E-state index is 11.7. The fraction of sp³-hybridized carbons (Fsp3) is 0.288. The summed E-state index contributed by atoms with van der Waals surface area (Å²) in [5.41, 5.74) is 13.9. The predicted octanol–water partition coefficient (Wildman–Crippen LogP) is 15.3. The van der Waals surface area contributed by atoms with Crippen molar-refractivity contribution in [3.63, 3.8) is 0 Å². The minimum absolute atomic E-state index is 0. The van der Waals surface area contributed by atoms with Crippen LogP contribution in [0.25, 0.3) is 61.6 Å². The predicted molar refractivity (Wildman–Crippen MR) is 263 cm³/mol. The number of pyridine rings is 1. The molecule has 0 unspecified atom stereocenters. The van der Waals surface area contributed by atoms with Gasteiger partial charge in [-0.15, -0.1) is 29.3 Å². The number of imidazole rings is 1. The van der Waals surface area contributed by atoms with Crippen molar-refractivity contribution >= 4 is 11.0 Å². The number of rotatable bonds is 7. The summed E-state index contributed by atoms with van der Waals surface area (Å²) in [4.78, 5) is 10.3. The standard InChI is InChI=1S/C59H60N3O.Pt/c1-39-18-20-40(21-19-39)41-28-33-60-51(37-41)43-34-42(35-47(36-43)57(5,6)7)49-16-13-17-52-54(49)61-55(50-38-46(56(2,3)4)24-27-53(50)63)62(52)48-25-22-45(23-26-48)59(9)31-29-58(8,30-32-59)44-14-11-10-12-15-44;/h10-28,33,35-38,63H,29-32H2,1-9H3;/q-1;/i1D3;. The molecule has 5 heteroatoms. The Morgan fingerprint density at radius 2 is 1.27 bits per heavy atom. The monoisotopic (exact) mass is 1020 g/mol. The number of aromatic nitrogens is 3. The van der Waals surface area contributed by atoms with E-state index in [0.29, 0.717) is 17.0 Å². The minimum Gasteiger partial charge on any atom is -0.507 e. The molecule has 0 saturated heterocycles. The van der Waals surface area contributed by atoms with Crippen LogP contribution in [-0.4, -0.2) is 19.6 Å². The third-order valence-corrected chi connectivity index (χ3v) is 13.8. The third-order valence-electron chi connectivity index (χ3n) is 13.8. The summed E-state index contributed by atoms with van der Waals surface area (Å²) in [5, 5.41) is 11.7. The van der Waals surface area contributed by atoms with Gasteiger partial charge in [0.25, 0.3) is 0 Å². The number of hydrogen-bond acceptors (Lipinski definition) is 3. The summed E-state index contributed by atoms with van der Waals surface area (Å²) in [5.74, 6) is 0.846. The summed E-state index contributed by atoms with van der Waals surface area (Å²) in [6, 6.07) is 51.5. The van der Waals surface area contributed by atoms with Crippen molar-refractivity contribution in [3.05, 3.63) is 180 Å². The number of nitrogens with zero attached hydrogens (tertiary/aromatic N) is 3. The summed E-state index contributed by atoms with van der Waals surface area (Å²) < 4.78 is 25.7. The van der Waals surface area contributed by atoms with Crippen molar-refractivity contribution in [2.24, 2.45) is 0 Å². The van der Waals surface area contributed by atoms with Crippen LogP contribution in [0.2, 0.25) is 0 Å². The summed E-state index contributed by atoms with van der Waals surface area (Å²) in [7, 11) is 0. The smallest absolute Gasteiger partial charge is 0.148 e. The van der Waals surface area contributed by atoms with Gasteiger partial charge in [-0.2, -0.15) is 0 Å². The number of fused-ring (bicyclic) bond motifs is 1. The molecule has 8 aromatic rings. The molecular formula is C59H60N3OPt-. The maximum atomic E-state index is 11.7. The third kappa shape index (κ3) is 8.67. The Labute approximate surface area is 399 Å². The van der Waals surface area contributed by atoms with E-state index in [4.69, 9.17) is 14.1 Å². The molecule has 328 valence electrons. The molecule has 1 fully saturated rings. The first-order chi connectivity index (χ1) is 31.2. The Morgan fingerprint density at radius 3 is 1.91 bits per heavy atom. The van der Waals surface area contributed by atoms with E-state index in [2.05, 4.69) is 157 Å². The molecule has 0 aliphatic heterocycles. The van der Waals surface area contributed by atoms with Gasteiger partial charge >= 0.3 is 0 Å². The van der Waals surface area contributed by atoms with Crippen LogP contribution in [0, 0.1) is 12.9 Å². The van der Waals surface area contributed by atoms with Gasteiger partial charge in [0.2, 0.25) is 0 Å². The van der Waals surface area contributed by atoms with Gasteiger partial charge in [-0.1, -0.05) is 163 Å². The number of hydrogen-bond donors (Lipinski definition) is 1. The summed E-state index contributed by atoms with van der Waals surface area (Å²) in [6.07, 6.45) is 6.29. The van der Waals surface area contributed by atoms with Crippen LogP contribution in [0.3, 0.4) is 0 Å². The molecule has 64 heavy (non-hydrogen) atoms. The topological polar surface area (TPSA) is 50.9 Å². The number of benzene rings is 6. The quantitative estimate of drug-likeness (QED) is 0.162. The van der Waals surface area contributed by atoms with E-state index in [1.54, 1.807) is 24.4 Å². The minimum atomic E-state index is -2.17. The maximum Gasteiger partial charge on any atom is 0.148 e. The first-order valence-corrected chi connectivity index (χ1v) is 22.4. The SMILES string of the molecule is [2H]C([2H])([2H])c1ccc(-c2ccnc(-c3[c-]c(-c4cccc5c4nc(-c4cc(C(C)(C)C)ccc4O)n5-c4ccc(C5(C)CCC(C)(c6ccccc6)CC5)cc4)cc(C(C)(C)C)c3)c2)cc1.[Pt]. The molecular weight excluding hydrogens is 962 g/mol.